The molecule has 140 valence electrons. The van der Waals surface area contributed by atoms with Gasteiger partial charge >= 0.3 is 0 Å². The molecular weight excluding hydrogens is 336 g/mol. The van der Waals surface area contributed by atoms with E-state index in [-0.39, 0.29) is 17.9 Å². The van der Waals surface area contributed by atoms with Gasteiger partial charge in [0.2, 0.25) is 11.9 Å². The van der Waals surface area contributed by atoms with Gasteiger partial charge in [-0.2, -0.15) is 0 Å². The second kappa shape index (κ2) is 7.43. The normalized spacial score (nSPS) is 16.4. The van der Waals surface area contributed by atoms with Gasteiger partial charge < -0.3 is 15.2 Å². The summed E-state index contributed by atoms with van der Waals surface area (Å²) in [5.41, 5.74) is 4.43. The van der Waals surface area contributed by atoms with Crippen LogP contribution in [-0.2, 0) is 4.79 Å². The van der Waals surface area contributed by atoms with Crippen LogP contribution >= 0.6 is 0 Å². The Morgan fingerprint density at radius 1 is 1.19 bits per heavy atom. The first-order valence-electron chi connectivity index (χ1n) is 9.67. The second-order valence-electron chi connectivity index (χ2n) is 7.48. The van der Waals surface area contributed by atoms with Crippen molar-refractivity contribution >= 4 is 22.9 Å². The SMILES string of the molecule is Cc1ccc2nc(N3CCC(C(=O)NC(C)c4ccccc4)CC3)[nH]c2c1. The van der Waals surface area contributed by atoms with Crippen LogP contribution in [-0.4, -0.2) is 29.0 Å². The lowest BCUT2D eigenvalue weighted by atomic mass is 9.95. The van der Waals surface area contributed by atoms with Crippen molar-refractivity contribution in [2.24, 2.45) is 5.92 Å². The Morgan fingerprint density at radius 3 is 2.67 bits per heavy atom. The molecule has 0 saturated carbocycles. The van der Waals surface area contributed by atoms with Crippen LogP contribution in [0.25, 0.3) is 11.0 Å². The van der Waals surface area contributed by atoms with Crippen molar-refractivity contribution in [1.29, 1.82) is 0 Å². The summed E-state index contributed by atoms with van der Waals surface area (Å²) < 4.78 is 0. The molecule has 0 bridgehead atoms. The lowest BCUT2D eigenvalue weighted by Crippen LogP contribution is -2.41. The van der Waals surface area contributed by atoms with E-state index in [9.17, 15) is 4.79 Å². The number of amides is 1. The number of carbonyl (C=O) groups is 1. The van der Waals surface area contributed by atoms with Crippen molar-refractivity contribution in [3.05, 3.63) is 59.7 Å². The van der Waals surface area contributed by atoms with Crippen LogP contribution in [0.1, 0.15) is 36.9 Å². The summed E-state index contributed by atoms with van der Waals surface area (Å²) in [6, 6.07) is 16.4. The molecule has 2 heterocycles. The zero-order chi connectivity index (χ0) is 18.8. The smallest absolute Gasteiger partial charge is 0.223 e. The maximum absolute atomic E-state index is 12.7. The quantitative estimate of drug-likeness (QED) is 0.738. The minimum absolute atomic E-state index is 0.0374. The number of nitrogens with zero attached hydrogens (tertiary/aromatic N) is 2. The third kappa shape index (κ3) is 3.82. The molecule has 1 atom stereocenters. The highest BCUT2D eigenvalue weighted by Crippen LogP contribution is 2.25. The van der Waals surface area contributed by atoms with Crippen LogP contribution in [0, 0.1) is 12.8 Å². The molecule has 3 aromatic rings. The number of nitrogens with one attached hydrogen (secondary N) is 2. The van der Waals surface area contributed by atoms with E-state index in [1.54, 1.807) is 0 Å². The number of H-pyrrole nitrogens is 1. The van der Waals surface area contributed by atoms with Crippen LogP contribution in [0.4, 0.5) is 5.95 Å². The molecule has 2 N–H and O–H groups in total. The number of benzene rings is 2. The van der Waals surface area contributed by atoms with Gasteiger partial charge in [0.25, 0.3) is 0 Å². The third-order valence-corrected chi connectivity index (χ3v) is 5.45. The molecule has 1 aliphatic rings. The average Bonchev–Trinajstić information content (AvgIpc) is 3.12. The lowest BCUT2D eigenvalue weighted by molar-refractivity contribution is -0.126. The van der Waals surface area contributed by atoms with Gasteiger partial charge in [-0.15, -0.1) is 0 Å². The molecule has 4 rings (SSSR count). The Labute approximate surface area is 159 Å². The second-order valence-corrected chi connectivity index (χ2v) is 7.48. The van der Waals surface area contributed by atoms with Gasteiger partial charge in [0.05, 0.1) is 17.1 Å². The summed E-state index contributed by atoms with van der Waals surface area (Å²) in [7, 11) is 0. The number of fused-ring (bicyclic) bond motifs is 1. The van der Waals surface area contributed by atoms with E-state index in [0.717, 1.165) is 48.5 Å². The first kappa shape index (κ1) is 17.6. The van der Waals surface area contributed by atoms with E-state index in [2.05, 4.69) is 52.5 Å². The Kier molecular flexibility index (Phi) is 4.84. The number of rotatable bonds is 4. The Bertz CT molecular complexity index is 926. The van der Waals surface area contributed by atoms with Gasteiger partial charge in [0, 0.05) is 19.0 Å². The molecule has 27 heavy (non-hydrogen) atoms. The fourth-order valence-electron chi connectivity index (χ4n) is 3.77. The number of anilines is 1. The van der Waals surface area contributed by atoms with E-state index in [4.69, 9.17) is 4.98 Å². The number of piperidine rings is 1. The van der Waals surface area contributed by atoms with E-state index >= 15 is 0 Å². The molecular formula is C22H26N4O. The number of aryl methyl sites for hydroxylation is 1. The Hall–Kier alpha value is -2.82. The monoisotopic (exact) mass is 362 g/mol. The van der Waals surface area contributed by atoms with Crippen LogP contribution in [0.2, 0.25) is 0 Å². The summed E-state index contributed by atoms with van der Waals surface area (Å²) in [4.78, 5) is 23.0. The molecule has 1 aliphatic heterocycles. The van der Waals surface area contributed by atoms with E-state index in [0.29, 0.717) is 0 Å². The molecule has 0 radical (unpaired) electrons. The van der Waals surface area contributed by atoms with Gasteiger partial charge in [-0.25, -0.2) is 4.98 Å². The predicted octanol–water partition coefficient (Wildman–Crippen LogP) is 3.97. The minimum Gasteiger partial charge on any atom is -0.349 e. The number of hydrogen-bond donors (Lipinski definition) is 2. The van der Waals surface area contributed by atoms with E-state index in [1.807, 2.05) is 25.1 Å². The molecule has 5 heteroatoms. The van der Waals surface area contributed by atoms with Crippen molar-refractivity contribution in [2.75, 3.05) is 18.0 Å². The van der Waals surface area contributed by atoms with E-state index in [1.165, 1.54) is 5.56 Å². The standard InChI is InChI=1S/C22H26N4O/c1-15-8-9-19-20(14-15)25-22(24-19)26-12-10-18(11-13-26)21(27)23-16(2)17-6-4-3-5-7-17/h3-9,14,16,18H,10-13H2,1-2H3,(H,23,27)(H,24,25). The van der Waals surface area contributed by atoms with Crippen molar-refractivity contribution in [2.45, 2.75) is 32.7 Å². The molecule has 1 fully saturated rings. The van der Waals surface area contributed by atoms with Crippen LogP contribution < -0.4 is 10.2 Å². The number of imidazole rings is 1. The van der Waals surface area contributed by atoms with Crippen LogP contribution in [0.15, 0.2) is 48.5 Å². The summed E-state index contributed by atoms with van der Waals surface area (Å²) in [5.74, 6) is 1.14. The predicted molar refractivity (Wildman–Crippen MR) is 109 cm³/mol. The van der Waals surface area contributed by atoms with Gasteiger partial charge in [0.15, 0.2) is 0 Å². The maximum Gasteiger partial charge on any atom is 0.223 e. The fourth-order valence-corrected chi connectivity index (χ4v) is 3.77. The van der Waals surface area contributed by atoms with Gasteiger partial charge in [-0.1, -0.05) is 36.4 Å². The topological polar surface area (TPSA) is 61.0 Å². The maximum atomic E-state index is 12.7. The molecule has 0 spiro atoms. The molecule has 0 aliphatic carbocycles. The molecule has 1 amide bonds. The van der Waals surface area contributed by atoms with Gasteiger partial charge in [-0.3, -0.25) is 4.79 Å². The first-order chi connectivity index (χ1) is 13.1. The minimum atomic E-state index is 0.0374. The highest BCUT2D eigenvalue weighted by Gasteiger charge is 2.27. The molecule has 2 aromatic carbocycles. The number of aromatic amines is 1. The molecule has 1 unspecified atom stereocenters. The molecule has 1 saturated heterocycles. The molecule has 5 nitrogen and oxygen atoms in total. The zero-order valence-electron chi connectivity index (χ0n) is 15.9. The summed E-state index contributed by atoms with van der Waals surface area (Å²) in [5, 5.41) is 3.17. The largest absolute Gasteiger partial charge is 0.349 e. The zero-order valence-corrected chi connectivity index (χ0v) is 15.9. The molecule has 1 aromatic heterocycles. The van der Waals surface area contributed by atoms with Gasteiger partial charge in [0.1, 0.15) is 0 Å². The highest BCUT2D eigenvalue weighted by molar-refractivity contribution is 5.80. The number of hydrogen-bond acceptors (Lipinski definition) is 3. The summed E-state index contributed by atoms with van der Waals surface area (Å²) >= 11 is 0. The number of aromatic nitrogens is 2. The summed E-state index contributed by atoms with van der Waals surface area (Å²) in [6.45, 7) is 5.81. The lowest BCUT2D eigenvalue weighted by Gasteiger charge is -2.31. The highest BCUT2D eigenvalue weighted by atomic mass is 16.1. The van der Waals surface area contributed by atoms with Crippen LogP contribution in [0.3, 0.4) is 0 Å². The summed E-state index contributed by atoms with van der Waals surface area (Å²) in [6.07, 6.45) is 1.70. The van der Waals surface area contributed by atoms with Crippen molar-refractivity contribution in [3.63, 3.8) is 0 Å². The average molecular weight is 362 g/mol. The van der Waals surface area contributed by atoms with Gasteiger partial charge in [-0.05, 0) is 49.9 Å². The van der Waals surface area contributed by atoms with Crippen molar-refractivity contribution in [1.82, 2.24) is 15.3 Å². The van der Waals surface area contributed by atoms with E-state index < -0.39 is 0 Å². The Balaban J connectivity index is 1.36. The fraction of sp³-hybridized carbons (Fsp3) is 0.364. The van der Waals surface area contributed by atoms with Crippen molar-refractivity contribution < 1.29 is 4.79 Å². The Morgan fingerprint density at radius 2 is 1.93 bits per heavy atom. The number of carbonyl (C=O) groups excluding carboxylic acids is 1. The first-order valence-corrected chi connectivity index (χ1v) is 9.67. The van der Waals surface area contributed by atoms with Crippen molar-refractivity contribution in [3.8, 4) is 0 Å². The van der Waals surface area contributed by atoms with Crippen LogP contribution in [0.5, 0.6) is 0 Å². The third-order valence-electron chi connectivity index (χ3n) is 5.45.